The molecule has 2 aromatic rings. The van der Waals surface area contributed by atoms with Gasteiger partial charge in [-0.3, -0.25) is 0 Å². The first-order valence-corrected chi connectivity index (χ1v) is 9.95. The maximum atomic E-state index is 12.2. The molecule has 1 aromatic heterocycles. The zero-order valence-corrected chi connectivity index (χ0v) is 17.6. The molecule has 0 spiro atoms. The minimum absolute atomic E-state index is 0.0347. The lowest BCUT2D eigenvalue weighted by atomic mass is 10.1. The Balaban J connectivity index is 2.37. The zero-order chi connectivity index (χ0) is 20.8. The van der Waals surface area contributed by atoms with Crippen LogP contribution in [-0.2, 0) is 4.79 Å². The summed E-state index contributed by atoms with van der Waals surface area (Å²) in [6, 6.07) is 6.70. The average Bonchev–Trinajstić information content (AvgIpc) is 2.98. The quantitative estimate of drug-likeness (QED) is 0.531. The summed E-state index contributed by atoms with van der Waals surface area (Å²) in [6.07, 6.45) is 0. The Bertz CT molecular complexity index is 894. The number of thiophene rings is 1. The summed E-state index contributed by atoms with van der Waals surface area (Å²) in [5.74, 6) is -2.46. The van der Waals surface area contributed by atoms with Crippen LogP contribution >= 0.6 is 27.3 Å². The summed E-state index contributed by atoms with van der Waals surface area (Å²) < 4.78 is 5.51. The highest BCUT2D eigenvalue weighted by Gasteiger charge is 2.24. The fourth-order valence-electron chi connectivity index (χ4n) is 2.44. The van der Waals surface area contributed by atoms with Gasteiger partial charge in [-0.1, -0.05) is 12.1 Å². The van der Waals surface area contributed by atoms with Crippen molar-refractivity contribution < 1.29 is 29.3 Å². The first-order valence-electron chi connectivity index (χ1n) is 8.34. The smallest absolute Gasteiger partial charge is 0.349 e. The van der Waals surface area contributed by atoms with Crippen molar-refractivity contribution in [1.29, 1.82) is 0 Å². The third kappa shape index (κ3) is 5.02. The Morgan fingerprint density at radius 1 is 1.21 bits per heavy atom. The number of hydrogen-bond donors (Lipinski definition) is 3. The number of rotatable bonds is 8. The van der Waals surface area contributed by atoms with Gasteiger partial charge >= 0.3 is 18.0 Å². The van der Waals surface area contributed by atoms with E-state index in [0.717, 1.165) is 11.3 Å². The summed E-state index contributed by atoms with van der Waals surface area (Å²) in [7, 11) is 0. The number of halogens is 1. The molecule has 3 N–H and O–H groups in total. The third-order valence-electron chi connectivity index (χ3n) is 3.77. The summed E-state index contributed by atoms with van der Waals surface area (Å²) in [6.45, 7) is 4.26. The van der Waals surface area contributed by atoms with Crippen LogP contribution in [-0.4, -0.2) is 52.8 Å². The molecule has 0 aliphatic carbocycles. The average molecular weight is 471 g/mol. The van der Waals surface area contributed by atoms with Crippen molar-refractivity contribution in [3.63, 3.8) is 0 Å². The molecule has 0 saturated carbocycles. The highest BCUT2D eigenvalue weighted by Crippen LogP contribution is 2.46. The maximum absolute atomic E-state index is 12.2. The van der Waals surface area contributed by atoms with Gasteiger partial charge in [0.25, 0.3) is 0 Å². The molecular weight excluding hydrogens is 452 g/mol. The molecule has 0 atom stereocenters. The Kier molecular flexibility index (Phi) is 7.41. The van der Waals surface area contributed by atoms with Crippen LogP contribution in [0.15, 0.2) is 28.7 Å². The van der Waals surface area contributed by atoms with E-state index in [4.69, 9.17) is 9.84 Å². The first-order chi connectivity index (χ1) is 13.3. The van der Waals surface area contributed by atoms with Crippen molar-refractivity contribution in [3.05, 3.63) is 33.6 Å². The molecule has 2 rings (SSSR count). The van der Waals surface area contributed by atoms with Crippen molar-refractivity contribution >= 4 is 50.9 Å². The van der Waals surface area contributed by atoms with Gasteiger partial charge in [0.2, 0.25) is 0 Å². The molecule has 0 aliphatic heterocycles. The van der Waals surface area contributed by atoms with E-state index < -0.39 is 18.5 Å². The van der Waals surface area contributed by atoms with Crippen LogP contribution in [0.1, 0.15) is 23.5 Å². The van der Waals surface area contributed by atoms with E-state index in [1.807, 2.05) is 13.8 Å². The van der Waals surface area contributed by atoms with E-state index in [-0.39, 0.29) is 16.7 Å². The normalized spacial score (nSPS) is 10.4. The minimum Gasteiger partial charge on any atom is -0.479 e. The molecule has 1 heterocycles. The van der Waals surface area contributed by atoms with Gasteiger partial charge in [-0.15, -0.1) is 11.3 Å². The number of nitrogens with one attached hydrogen (secondary N) is 1. The topological polar surface area (TPSA) is 116 Å². The van der Waals surface area contributed by atoms with Crippen LogP contribution < -0.4 is 10.1 Å². The van der Waals surface area contributed by atoms with Gasteiger partial charge in [-0.05, 0) is 47.5 Å². The van der Waals surface area contributed by atoms with E-state index in [9.17, 15) is 19.5 Å². The number of urea groups is 1. The van der Waals surface area contributed by atoms with Crippen molar-refractivity contribution in [2.24, 2.45) is 0 Å². The highest BCUT2D eigenvalue weighted by molar-refractivity contribution is 9.10. The summed E-state index contributed by atoms with van der Waals surface area (Å²) >= 11 is 4.27. The van der Waals surface area contributed by atoms with Crippen LogP contribution in [0.4, 0.5) is 10.5 Å². The number of amides is 2. The number of aromatic carboxylic acids is 1. The Labute approximate surface area is 173 Å². The minimum atomic E-state index is -1.22. The molecule has 2 amide bonds. The summed E-state index contributed by atoms with van der Waals surface area (Å²) in [5, 5.41) is 21.0. The number of benzene rings is 1. The monoisotopic (exact) mass is 470 g/mol. The number of nitrogens with zero attached hydrogens (tertiary/aromatic N) is 1. The summed E-state index contributed by atoms with van der Waals surface area (Å²) in [4.78, 5) is 36.6. The van der Waals surface area contributed by atoms with Crippen molar-refractivity contribution in [3.8, 4) is 16.2 Å². The van der Waals surface area contributed by atoms with Gasteiger partial charge in [0, 0.05) is 18.8 Å². The molecular formula is C18H19BrN2O6S. The second-order valence-corrected chi connectivity index (χ2v) is 7.39. The van der Waals surface area contributed by atoms with Crippen molar-refractivity contribution in [2.45, 2.75) is 13.8 Å². The molecule has 0 aliphatic rings. The number of carbonyl (C=O) groups excluding carboxylic acids is 1. The molecule has 0 saturated heterocycles. The lowest BCUT2D eigenvalue weighted by Crippen LogP contribution is -2.34. The molecule has 10 heteroatoms. The SMILES string of the molecule is CCN(CC)C(=O)Nc1cccc(-c2sc(C(=O)O)c(OCC(=O)O)c2Br)c1. The van der Waals surface area contributed by atoms with Gasteiger partial charge in [0.1, 0.15) is 0 Å². The van der Waals surface area contributed by atoms with Gasteiger partial charge in [-0.25, -0.2) is 14.4 Å². The second-order valence-electron chi connectivity index (χ2n) is 5.57. The zero-order valence-electron chi connectivity index (χ0n) is 15.2. The molecule has 28 heavy (non-hydrogen) atoms. The Morgan fingerprint density at radius 3 is 2.46 bits per heavy atom. The molecule has 1 aromatic carbocycles. The molecule has 0 fully saturated rings. The maximum Gasteiger partial charge on any atom is 0.349 e. The summed E-state index contributed by atoms with van der Waals surface area (Å²) in [5.41, 5.74) is 1.21. The lowest BCUT2D eigenvalue weighted by Gasteiger charge is -2.19. The first kappa shape index (κ1) is 21.7. The predicted molar refractivity (Wildman–Crippen MR) is 109 cm³/mol. The Morgan fingerprint density at radius 2 is 1.89 bits per heavy atom. The number of aliphatic carboxylic acids is 1. The molecule has 0 radical (unpaired) electrons. The molecule has 8 nitrogen and oxygen atoms in total. The number of anilines is 1. The molecule has 0 bridgehead atoms. The standard InChI is InChI=1S/C18H19BrN2O6S/c1-3-21(4-2)18(26)20-11-7-5-6-10(8-11)15-13(19)14(27-9-12(22)23)16(28-15)17(24)25/h5-8H,3-4,9H2,1-2H3,(H,20,26)(H,22,23)(H,24,25). The van der Waals surface area contributed by atoms with E-state index in [1.54, 1.807) is 29.2 Å². The third-order valence-corrected chi connectivity index (χ3v) is 6.00. The van der Waals surface area contributed by atoms with Crippen LogP contribution in [0.5, 0.6) is 5.75 Å². The number of carboxylic acid groups (broad SMARTS) is 2. The number of hydrogen-bond acceptors (Lipinski definition) is 5. The highest BCUT2D eigenvalue weighted by atomic mass is 79.9. The van der Waals surface area contributed by atoms with Crippen molar-refractivity contribution in [2.75, 3.05) is 25.0 Å². The van der Waals surface area contributed by atoms with Crippen LogP contribution in [0.3, 0.4) is 0 Å². The van der Waals surface area contributed by atoms with Crippen LogP contribution in [0.2, 0.25) is 0 Å². The fraction of sp³-hybridized carbons (Fsp3) is 0.278. The van der Waals surface area contributed by atoms with Crippen LogP contribution in [0.25, 0.3) is 10.4 Å². The fourth-order valence-corrected chi connectivity index (χ4v) is 4.32. The van der Waals surface area contributed by atoms with E-state index in [1.165, 1.54) is 0 Å². The number of carboxylic acids is 2. The number of carbonyl (C=O) groups is 3. The van der Waals surface area contributed by atoms with E-state index in [0.29, 0.717) is 33.7 Å². The Hall–Kier alpha value is -2.59. The van der Waals surface area contributed by atoms with Crippen LogP contribution in [0, 0.1) is 0 Å². The lowest BCUT2D eigenvalue weighted by molar-refractivity contribution is -0.139. The van der Waals surface area contributed by atoms with E-state index >= 15 is 0 Å². The largest absolute Gasteiger partial charge is 0.479 e. The predicted octanol–water partition coefficient (Wildman–Crippen LogP) is 4.21. The molecule has 0 unspecified atom stereocenters. The van der Waals surface area contributed by atoms with Gasteiger partial charge in [-0.2, -0.15) is 0 Å². The van der Waals surface area contributed by atoms with Gasteiger partial charge in [0.05, 0.1) is 9.35 Å². The van der Waals surface area contributed by atoms with Crippen molar-refractivity contribution in [1.82, 2.24) is 4.90 Å². The van der Waals surface area contributed by atoms with Gasteiger partial charge in [0.15, 0.2) is 17.2 Å². The second kappa shape index (κ2) is 9.56. The number of ether oxygens (including phenoxy) is 1. The van der Waals surface area contributed by atoms with Gasteiger partial charge < -0.3 is 25.2 Å². The molecule has 150 valence electrons. The van der Waals surface area contributed by atoms with E-state index in [2.05, 4.69) is 21.2 Å².